The maximum absolute atomic E-state index is 12.9. The van der Waals surface area contributed by atoms with Gasteiger partial charge in [-0.25, -0.2) is 4.79 Å². The molecule has 0 atom stereocenters. The summed E-state index contributed by atoms with van der Waals surface area (Å²) in [4.78, 5) is 49.5. The highest BCUT2D eigenvalue weighted by Gasteiger charge is 2.48. The maximum Gasteiger partial charge on any atom is 0.351 e. The van der Waals surface area contributed by atoms with Crippen molar-refractivity contribution >= 4 is 23.9 Å². The standard InChI is InChI=1S/C23H40O8/c1-16(2)8-11-28-20(25)14-23(31-19(7)24,22(27)30-13-10-18(5)6)15-21(26)29-12-9-17(3)4/h16-18H,8-15H2,1-7H3. The Bertz CT molecular complexity index is 552. The molecule has 0 aromatic carbocycles. The van der Waals surface area contributed by atoms with E-state index in [9.17, 15) is 19.2 Å². The zero-order valence-corrected chi connectivity index (χ0v) is 20.2. The minimum Gasteiger partial charge on any atom is -0.466 e. The van der Waals surface area contributed by atoms with Gasteiger partial charge in [0.1, 0.15) is 0 Å². The molecule has 31 heavy (non-hydrogen) atoms. The molecule has 0 N–H and O–H groups in total. The van der Waals surface area contributed by atoms with Gasteiger partial charge in [0.15, 0.2) is 0 Å². The number of rotatable bonds is 15. The normalized spacial score (nSPS) is 11.5. The van der Waals surface area contributed by atoms with Crippen molar-refractivity contribution in [2.45, 2.75) is 86.2 Å². The predicted molar refractivity (Wildman–Crippen MR) is 115 cm³/mol. The van der Waals surface area contributed by atoms with Crippen molar-refractivity contribution in [3.05, 3.63) is 0 Å². The summed E-state index contributed by atoms with van der Waals surface area (Å²) in [7, 11) is 0. The first-order valence-corrected chi connectivity index (χ1v) is 11.1. The lowest BCUT2D eigenvalue weighted by Gasteiger charge is -2.29. The molecule has 0 aromatic heterocycles. The van der Waals surface area contributed by atoms with Gasteiger partial charge < -0.3 is 18.9 Å². The first-order valence-electron chi connectivity index (χ1n) is 11.1. The Labute approximate surface area is 186 Å². The number of hydrogen-bond donors (Lipinski definition) is 0. The molecule has 0 aliphatic carbocycles. The van der Waals surface area contributed by atoms with Crippen molar-refractivity contribution in [1.82, 2.24) is 0 Å². The van der Waals surface area contributed by atoms with E-state index < -0.39 is 42.3 Å². The first kappa shape index (κ1) is 28.9. The van der Waals surface area contributed by atoms with E-state index in [0.29, 0.717) is 31.1 Å². The molecule has 0 aliphatic rings. The Morgan fingerprint density at radius 1 is 0.645 bits per heavy atom. The van der Waals surface area contributed by atoms with E-state index in [1.807, 2.05) is 41.5 Å². The van der Waals surface area contributed by atoms with Crippen molar-refractivity contribution < 1.29 is 38.1 Å². The molecular weight excluding hydrogens is 404 g/mol. The third kappa shape index (κ3) is 13.7. The van der Waals surface area contributed by atoms with Gasteiger partial charge in [0, 0.05) is 6.92 Å². The Hall–Kier alpha value is -2.12. The van der Waals surface area contributed by atoms with Gasteiger partial charge in [0.25, 0.3) is 0 Å². The Balaban J connectivity index is 5.48. The van der Waals surface area contributed by atoms with Crippen LogP contribution in [0.3, 0.4) is 0 Å². The second-order valence-electron chi connectivity index (χ2n) is 9.07. The third-order valence-electron chi connectivity index (χ3n) is 4.42. The van der Waals surface area contributed by atoms with Crippen LogP contribution in [-0.2, 0) is 38.1 Å². The lowest BCUT2D eigenvalue weighted by atomic mass is 9.94. The highest BCUT2D eigenvalue weighted by Crippen LogP contribution is 2.26. The van der Waals surface area contributed by atoms with Gasteiger partial charge in [0.05, 0.1) is 32.7 Å². The fraction of sp³-hybridized carbons (Fsp3) is 0.826. The lowest BCUT2D eigenvalue weighted by molar-refractivity contribution is -0.190. The van der Waals surface area contributed by atoms with E-state index >= 15 is 0 Å². The third-order valence-corrected chi connectivity index (χ3v) is 4.42. The van der Waals surface area contributed by atoms with Crippen LogP contribution in [0.5, 0.6) is 0 Å². The molecule has 0 amide bonds. The summed E-state index contributed by atoms with van der Waals surface area (Å²) in [6.45, 7) is 13.4. The van der Waals surface area contributed by atoms with E-state index in [4.69, 9.17) is 18.9 Å². The van der Waals surface area contributed by atoms with Crippen LogP contribution >= 0.6 is 0 Å². The molecule has 0 bridgehead atoms. The molecule has 0 heterocycles. The molecule has 0 saturated carbocycles. The van der Waals surface area contributed by atoms with Crippen LogP contribution in [0.15, 0.2) is 0 Å². The van der Waals surface area contributed by atoms with Crippen molar-refractivity contribution in [1.29, 1.82) is 0 Å². The zero-order chi connectivity index (χ0) is 24.0. The Morgan fingerprint density at radius 3 is 1.32 bits per heavy atom. The monoisotopic (exact) mass is 444 g/mol. The van der Waals surface area contributed by atoms with Crippen LogP contribution in [0.1, 0.15) is 80.6 Å². The van der Waals surface area contributed by atoms with Crippen LogP contribution < -0.4 is 0 Å². The van der Waals surface area contributed by atoms with Gasteiger partial charge in [-0.1, -0.05) is 41.5 Å². The molecule has 0 aromatic rings. The van der Waals surface area contributed by atoms with Crippen molar-refractivity contribution in [2.24, 2.45) is 17.8 Å². The SMILES string of the molecule is CC(=O)OC(CC(=O)OCCC(C)C)(CC(=O)OCCC(C)C)C(=O)OCCC(C)C. The van der Waals surface area contributed by atoms with E-state index in [1.165, 1.54) is 0 Å². The van der Waals surface area contributed by atoms with Gasteiger partial charge in [-0.3, -0.25) is 14.4 Å². The van der Waals surface area contributed by atoms with Gasteiger partial charge in [-0.15, -0.1) is 0 Å². The molecule has 0 fully saturated rings. The van der Waals surface area contributed by atoms with E-state index in [0.717, 1.165) is 6.92 Å². The smallest absolute Gasteiger partial charge is 0.351 e. The van der Waals surface area contributed by atoms with E-state index in [1.54, 1.807) is 0 Å². The molecule has 8 nitrogen and oxygen atoms in total. The highest BCUT2D eigenvalue weighted by molar-refractivity contribution is 5.92. The van der Waals surface area contributed by atoms with E-state index in [-0.39, 0.29) is 25.7 Å². The van der Waals surface area contributed by atoms with Crippen molar-refractivity contribution in [3.8, 4) is 0 Å². The fourth-order valence-corrected chi connectivity index (χ4v) is 2.50. The average Bonchev–Trinajstić information content (AvgIpc) is 2.59. The molecular formula is C23H40O8. The molecule has 0 unspecified atom stereocenters. The van der Waals surface area contributed by atoms with Crippen LogP contribution in [0.4, 0.5) is 0 Å². The first-order chi connectivity index (χ1) is 14.4. The maximum atomic E-state index is 12.9. The van der Waals surface area contributed by atoms with Gasteiger partial charge >= 0.3 is 23.9 Å². The largest absolute Gasteiger partial charge is 0.466 e. The molecule has 8 heteroatoms. The number of ether oxygens (including phenoxy) is 4. The van der Waals surface area contributed by atoms with Crippen LogP contribution in [-0.4, -0.2) is 49.3 Å². The minimum absolute atomic E-state index is 0.0737. The summed E-state index contributed by atoms with van der Waals surface area (Å²) < 4.78 is 20.9. The summed E-state index contributed by atoms with van der Waals surface area (Å²) in [5.41, 5.74) is -2.12. The molecule has 0 spiro atoms. The van der Waals surface area contributed by atoms with Gasteiger partial charge in [0.2, 0.25) is 5.60 Å². The number of hydrogen-bond acceptors (Lipinski definition) is 8. The molecule has 0 rings (SSSR count). The number of esters is 4. The second-order valence-corrected chi connectivity index (χ2v) is 9.07. The lowest BCUT2D eigenvalue weighted by Crippen LogP contribution is -2.48. The number of carbonyl (C=O) groups is 4. The summed E-state index contributed by atoms with van der Waals surface area (Å²) in [6.07, 6.45) is 0.624. The summed E-state index contributed by atoms with van der Waals surface area (Å²) in [5.74, 6) is -2.35. The number of carbonyl (C=O) groups excluding carboxylic acids is 4. The van der Waals surface area contributed by atoms with Gasteiger partial charge in [-0.05, 0) is 37.0 Å². The molecule has 0 aliphatic heterocycles. The van der Waals surface area contributed by atoms with E-state index in [2.05, 4.69) is 0 Å². The molecule has 0 radical (unpaired) electrons. The zero-order valence-electron chi connectivity index (χ0n) is 20.2. The van der Waals surface area contributed by atoms with Gasteiger partial charge in [-0.2, -0.15) is 0 Å². The van der Waals surface area contributed by atoms with Crippen LogP contribution in [0.2, 0.25) is 0 Å². The second kappa shape index (κ2) is 14.8. The van der Waals surface area contributed by atoms with Crippen molar-refractivity contribution in [3.63, 3.8) is 0 Å². The average molecular weight is 445 g/mol. The molecule has 0 saturated heterocycles. The van der Waals surface area contributed by atoms with Crippen molar-refractivity contribution in [2.75, 3.05) is 19.8 Å². The topological polar surface area (TPSA) is 105 Å². The summed E-state index contributed by atoms with van der Waals surface area (Å²) in [5, 5.41) is 0. The minimum atomic E-state index is -2.12. The molecule has 180 valence electrons. The Kier molecular flexibility index (Phi) is 13.8. The summed E-state index contributed by atoms with van der Waals surface area (Å²) in [6, 6.07) is 0. The summed E-state index contributed by atoms with van der Waals surface area (Å²) >= 11 is 0. The Morgan fingerprint density at radius 2 is 1.00 bits per heavy atom. The highest BCUT2D eigenvalue weighted by atomic mass is 16.6. The predicted octanol–water partition coefficient (Wildman–Crippen LogP) is 3.84. The van der Waals surface area contributed by atoms with Crippen LogP contribution in [0, 0.1) is 17.8 Å². The quantitative estimate of drug-likeness (QED) is 0.277. The fourth-order valence-electron chi connectivity index (χ4n) is 2.50. The van der Waals surface area contributed by atoms with Crippen LogP contribution in [0.25, 0.3) is 0 Å².